The first-order valence-corrected chi connectivity index (χ1v) is 7.77. The SMILES string of the molecule is CCOC(=O)c1cccc(N2CCS(=O)CC2)c1N. The predicted octanol–water partition coefficient (Wildman–Crippen LogP) is 1.01. The van der Waals surface area contributed by atoms with Crippen LogP contribution in [0.25, 0.3) is 0 Å². The maximum atomic E-state index is 11.8. The molecule has 1 aromatic carbocycles. The molecule has 1 fully saturated rings. The largest absolute Gasteiger partial charge is 0.462 e. The number of nitrogen functional groups attached to an aromatic ring is 1. The highest BCUT2D eigenvalue weighted by molar-refractivity contribution is 7.85. The van der Waals surface area contributed by atoms with Crippen LogP contribution in [0.4, 0.5) is 11.4 Å². The maximum absolute atomic E-state index is 11.8. The van der Waals surface area contributed by atoms with Gasteiger partial charge >= 0.3 is 5.97 Å². The van der Waals surface area contributed by atoms with Crippen molar-refractivity contribution >= 4 is 28.1 Å². The van der Waals surface area contributed by atoms with E-state index in [9.17, 15) is 9.00 Å². The molecule has 2 rings (SSSR count). The van der Waals surface area contributed by atoms with Crippen LogP contribution in [0.15, 0.2) is 18.2 Å². The standard InChI is InChI=1S/C13H18N2O3S/c1-2-18-13(16)10-4-3-5-11(12(10)14)15-6-8-19(17)9-7-15/h3-5H,2,6-9,14H2,1H3. The number of nitrogens with two attached hydrogens (primary N) is 1. The topological polar surface area (TPSA) is 72.6 Å². The van der Waals surface area contributed by atoms with E-state index in [0.29, 0.717) is 42.5 Å². The third kappa shape index (κ3) is 3.07. The van der Waals surface area contributed by atoms with Crippen LogP contribution in [0, 0.1) is 0 Å². The van der Waals surface area contributed by atoms with Gasteiger partial charge in [0.25, 0.3) is 0 Å². The van der Waals surface area contributed by atoms with Crippen LogP contribution >= 0.6 is 0 Å². The van der Waals surface area contributed by atoms with E-state index in [4.69, 9.17) is 10.5 Å². The Balaban J connectivity index is 2.24. The molecule has 0 spiro atoms. The lowest BCUT2D eigenvalue weighted by Gasteiger charge is -2.29. The summed E-state index contributed by atoms with van der Waals surface area (Å²) >= 11 is 0. The molecule has 6 heteroatoms. The summed E-state index contributed by atoms with van der Waals surface area (Å²) in [4.78, 5) is 13.9. The van der Waals surface area contributed by atoms with Crippen LogP contribution in [0.2, 0.25) is 0 Å². The first kappa shape index (κ1) is 13.9. The summed E-state index contributed by atoms with van der Waals surface area (Å²) in [5, 5.41) is 0. The maximum Gasteiger partial charge on any atom is 0.340 e. The Hall–Kier alpha value is -1.56. The van der Waals surface area contributed by atoms with E-state index in [0.717, 1.165) is 5.69 Å². The van der Waals surface area contributed by atoms with Crippen molar-refractivity contribution in [2.24, 2.45) is 0 Å². The third-order valence-electron chi connectivity index (χ3n) is 3.10. The Morgan fingerprint density at radius 2 is 2.11 bits per heavy atom. The van der Waals surface area contributed by atoms with Gasteiger partial charge in [0.05, 0.1) is 23.5 Å². The summed E-state index contributed by atoms with van der Waals surface area (Å²) < 4.78 is 16.3. The minimum absolute atomic E-state index is 0.325. The monoisotopic (exact) mass is 282 g/mol. The van der Waals surface area contributed by atoms with Gasteiger partial charge < -0.3 is 15.4 Å². The van der Waals surface area contributed by atoms with Crippen LogP contribution in [0.1, 0.15) is 17.3 Å². The van der Waals surface area contributed by atoms with E-state index in [2.05, 4.69) is 4.90 Å². The van der Waals surface area contributed by atoms with Crippen LogP contribution in [0.5, 0.6) is 0 Å². The van der Waals surface area contributed by atoms with E-state index in [1.165, 1.54) is 0 Å². The molecule has 0 aromatic heterocycles. The molecule has 0 unspecified atom stereocenters. The van der Waals surface area contributed by atoms with Crippen molar-refractivity contribution in [1.29, 1.82) is 0 Å². The van der Waals surface area contributed by atoms with Gasteiger partial charge in [0.2, 0.25) is 0 Å². The van der Waals surface area contributed by atoms with E-state index in [1.807, 2.05) is 6.07 Å². The molecule has 1 aliphatic heterocycles. The first-order valence-electron chi connectivity index (χ1n) is 6.29. The lowest BCUT2D eigenvalue weighted by atomic mass is 10.1. The highest BCUT2D eigenvalue weighted by Crippen LogP contribution is 2.28. The Kier molecular flexibility index (Phi) is 4.42. The summed E-state index contributed by atoms with van der Waals surface area (Å²) in [5.41, 5.74) is 7.72. The molecule has 1 aliphatic rings. The average molecular weight is 282 g/mol. The zero-order valence-corrected chi connectivity index (χ0v) is 11.7. The number of nitrogens with zero attached hydrogens (tertiary/aromatic N) is 1. The highest BCUT2D eigenvalue weighted by Gasteiger charge is 2.20. The zero-order valence-electron chi connectivity index (χ0n) is 10.9. The molecule has 5 nitrogen and oxygen atoms in total. The lowest BCUT2D eigenvalue weighted by molar-refractivity contribution is 0.0527. The predicted molar refractivity (Wildman–Crippen MR) is 76.9 cm³/mol. The number of hydrogen-bond donors (Lipinski definition) is 1. The number of esters is 1. The van der Waals surface area contributed by atoms with Crippen molar-refractivity contribution in [2.45, 2.75) is 6.92 Å². The van der Waals surface area contributed by atoms with Gasteiger partial charge in [-0.2, -0.15) is 0 Å². The van der Waals surface area contributed by atoms with Crippen molar-refractivity contribution in [3.05, 3.63) is 23.8 Å². The number of anilines is 2. The smallest absolute Gasteiger partial charge is 0.340 e. The molecule has 104 valence electrons. The summed E-state index contributed by atoms with van der Waals surface area (Å²) in [7, 11) is -0.733. The third-order valence-corrected chi connectivity index (χ3v) is 4.37. The van der Waals surface area contributed by atoms with Crippen molar-refractivity contribution in [1.82, 2.24) is 0 Å². The van der Waals surface area contributed by atoms with Crippen LogP contribution in [-0.2, 0) is 15.5 Å². The number of carbonyl (C=O) groups is 1. The minimum atomic E-state index is -0.733. The van der Waals surface area contributed by atoms with Crippen molar-refractivity contribution in [3.63, 3.8) is 0 Å². The van der Waals surface area contributed by atoms with E-state index in [-0.39, 0.29) is 0 Å². The fraction of sp³-hybridized carbons (Fsp3) is 0.462. The van der Waals surface area contributed by atoms with Gasteiger partial charge in [-0.15, -0.1) is 0 Å². The quantitative estimate of drug-likeness (QED) is 0.662. The van der Waals surface area contributed by atoms with Crippen LogP contribution in [-0.4, -0.2) is 41.4 Å². The van der Waals surface area contributed by atoms with Crippen molar-refractivity contribution in [3.8, 4) is 0 Å². The van der Waals surface area contributed by atoms with E-state index in [1.54, 1.807) is 19.1 Å². The number of hydrogen-bond acceptors (Lipinski definition) is 5. The molecule has 0 saturated carbocycles. The van der Waals surface area contributed by atoms with Gasteiger partial charge in [0.1, 0.15) is 0 Å². The molecule has 2 N–H and O–H groups in total. The van der Waals surface area contributed by atoms with Gasteiger partial charge in [-0.25, -0.2) is 4.79 Å². The fourth-order valence-electron chi connectivity index (χ4n) is 2.09. The molecule has 19 heavy (non-hydrogen) atoms. The van der Waals surface area contributed by atoms with Crippen LogP contribution < -0.4 is 10.6 Å². The Morgan fingerprint density at radius 1 is 1.42 bits per heavy atom. The van der Waals surface area contributed by atoms with E-state index < -0.39 is 16.8 Å². The number of rotatable bonds is 3. The first-order chi connectivity index (χ1) is 9.13. The molecule has 0 bridgehead atoms. The number of carbonyl (C=O) groups excluding carboxylic acids is 1. The molecular weight excluding hydrogens is 264 g/mol. The number of ether oxygens (including phenoxy) is 1. The summed E-state index contributed by atoms with van der Waals surface area (Å²) in [6.45, 7) is 3.48. The van der Waals surface area contributed by atoms with Gasteiger partial charge in [-0.3, -0.25) is 4.21 Å². The van der Waals surface area contributed by atoms with E-state index >= 15 is 0 Å². The van der Waals surface area contributed by atoms with Crippen LogP contribution in [0.3, 0.4) is 0 Å². The average Bonchev–Trinajstić information content (AvgIpc) is 2.40. The van der Waals surface area contributed by atoms with Gasteiger partial charge in [0.15, 0.2) is 0 Å². The molecular formula is C13H18N2O3S. The summed E-state index contributed by atoms with van der Waals surface area (Å²) in [6, 6.07) is 5.34. The second-order valence-corrected chi connectivity index (χ2v) is 5.99. The number of para-hydroxylation sites is 1. The molecule has 0 aliphatic carbocycles. The molecule has 1 saturated heterocycles. The van der Waals surface area contributed by atoms with Gasteiger partial charge in [-0.1, -0.05) is 6.07 Å². The molecule has 0 radical (unpaired) electrons. The Bertz CT molecular complexity index is 495. The Morgan fingerprint density at radius 3 is 2.74 bits per heavy atom. The minimum Gasteiger partial charge on any atom is -0.462 e. The molecule has 1 heterocycles. The highest BCUT2D eigenvalue weighted by atomic mass is 32.2. The van der Waals surface area contributed by atoms with Gasteiger partial charge in [0, 0.05) is 35.4 Å². The molecule has 1 aromatic rings. The summed E-state index contributed by atoms with van der Waals surface area (Å²) in [6.07, 6.45) is 0. The second kappa shape index (κ2) is 6.06. The number of benzene rings is 1. The van der Waals surface area contributed by atoms with Crippen molar-refractivity contribution < 1.29 is 13.7 Å². The zero-order chi connectivity index (χ0) is 13.8. The Labute approximate surface area is 115 Å². The molecule has 0 amide bonds. The van der Waals surface area contributed by atoms with Crippen molar-refractivity contribution in [2.75, 3.05) is 41.8 Å². The molecule has 0 atom stereocenters. The summed E-state index contributed by atoms with van der Waals surface area (Å²) in [5.74, 6) is 0.883. The van der Waals surface area contributed by atoms with Gasteiger partial charge in [-0.05, 0) is 19.1 Å². The lowest BCUT2D eigenvalue weighted by Crippen LogP contribution is -2.38. The fourth-order valence-corrected chi connectivity index (χ4v) is 3.15. The second-order valence-electron chi connectivity index (χ2n) is 4.29. The normalized spacial score (nSPS) is 16.4.